The van der Waals surface area contributed by atoms with E-state index < -0.39 is 18.1 Å². The highest BCUT2D eigenvalue weighted by atomic mass is 16.6. The van der Waals surface area contributed by atoms with Crippen molar-refractivity contribution in [3.05, 3.63) is 72.9 Å². The van der Waals surface area contributed by atoms with Crippen LogP contribution in [0.1, 0.15) is 174 Å². The molecule has 0 aliphatic heterocycles. The first kappa shape index (κ1) is 54.8. The second kappa shape index (κ2) is 40.5. The molecule has 2 unspecified atom stereocenters. The van der Waals surface area contributed by atoms with Crippen molar-refractivity contribution in [1.29, 1.82) is 0 Å². The first-order chi connectivity index (χ1) is 28.1. The van der Waals surface area contributed by atoms with Crippen molar-refractivity contribution < 1.29 is 38.2 Å². The minimum Gasteiger partial charge on any atom is -0.477 e. The van der Waals surface area contributed by atoms with Crippen LogP contribution in [-0.4, -0.2) is 80.6 Å². The molecule has 8 heteroatoms. The van der Waals surface area contributed by atoms with Gasteiger partial charge in [-0.3, -0.25) is 9.59 Å². The molecule has 0 aromatic heterocycles. The molecule has 2 atom stereocenters. The summed E-state index contributed by atoms with van der Waals surface area (Å²) >= 11 is 0. The van der Waals surface area contributed by atoms with E-state index in [-0.39, 0.29) is 36.2 Å². The number of hydrogen-bond donors (Lipinski definition) is 1. The molecule has 0 radical (unpaired) electrons. The highest BCUT2D eigenvalue weighted by molar-refractivity contribution is 5.72. The van der Waals surface area contributed by atoms with Crippen LogP contribution >= 0.6 is 0 Å². The Hall–Kier alpha value is -3.23. The van der Waals surface area contributed by atoms with E-state index in [1.807, 2.05) is 21.1 Å². The van der Waals surface area contributed by atoms with Gasteiger partial charge >= 0.3 is 17.9 Å². The topological polar surface area (TPSA) is 99.1 Å². The van der Waals surface area contributed by atoms with Crippen molar-refractivity contribution in [3.63, 3.8) is 0 Å². The Kier molecular flexibility index (Phi) is 38.3. The zero-order valence-corrected chi connectivity index (χ0v) is 37.7. The number of hydrogen-bond acceptors (Lipinski definition) is 6. The third kappa shape index (κ3) is 38.3. The van der Waals surface area contributed by atoms with Crippen LogP contribution in [0, 0.1) is 0 Å². The van der Waals surface area contributed by atoms with Gasteiger partial charge in [0.25, 0.3) is 0 Å². The average molecular weight is 813 g/mol. The Balaban J connectivity index is 4.38. The van der Waals surface area contributed by atoms with Crippen LogP contribution in [0.15, 0.2) is 72.9 Å². The van der Waals surface area contributed by atoms with Crippen molar-refractivity contribution in [2.75, 3.05) is 41.0 Å². The third-order valence-electron chi connectivity index (χ3n) is 9.84. The highest BCUT2D eigenvalue weighted by Gasteiger charge is 2.31. The van der Waals surface area contributed by atoms with Crippen LogP contribution in [0.4, 0.5) is 0 Å². The molecule has 0 aliphatic carbocycles. The molecule has 0 spiro atoms. The van der Waals surface area contributed by atoms with Gasteiger partial charge in [-0.2, -0.15) is 0 Å². The molecule has 0 saturated carbocycles. The molecule has 332 valence electrons. The van der Waals surface area contributed by atoms with Crippen molar-refractivity contribution in [2.24, 2.45) is 0 Å². The Morgan fingerprint density at radius 3 is 1.43 bits per heavy atom. The van der Waals surface area contributed by atoms with E-state index >= 15 is 0 Å². The molecule has 0 aliphatic rings. The SMILES string of the molecule is CC/C=C\C/C=C\C/C=C\C/C=C\CCCCCCCCC(=O)OC(COCCC(C(=O)O)[N+](C)(C)C)COC(=O)CCCCCCC/C=C\C/C=C\CCCCC. The zero-order chi connectivity index (χ0) is 42.8. The number of allylic oxidation sites excluding steroid dienone is 12. The fraction of sp³-hybridized carbons (Fsp3) is 0.700. The molecule has 0 fully saturated rings. The van der Waals surface area contributed by atoms with Crippen LogP contribution in [0.25, 0.3) is 0 Å². The molecule has 58 heavy (non-hydrogen) atoms. The van der Waals surface area contributed by atoms with Crippen molar-refractivity contribution >= 4 is 17.9 Å². The number of carboxylic acid groups (broad SMARTS) is 1. The molecular weight excluding hydrogens is 727 g/mol. The predicted octanol–water partition coefficient (Wildman–Crippen LogP) is 12.7. The van der Waals surface area contributed by atoms with E-state index in [4.69, 9.17) is 14.2 Å². The fourth-order valence-corrected chi connectivity index (χ4v) is 6.29. The van der Waals surface area contributed by atoms with E-state index in [2.05, 4.69) is 86.8 Å². The normalized spacial score (nSPS) is 13.6. The van der Waals surface area contributed by atoms with Crippen molar-refractivity contribution in [1.82, 2.24) is 0 Å². The van der Waals surface area contributed by atoms with Gasteiger partial charge in [-0.25, -0.2) is 4.79 Å². The summed E-state index contributed by atoms with van der Waals surface area (Å²) in [6, 6.07) is -0.623. The number of unbranched alkanes of at least 4 members (excludes halogenated alkanes) is 14. The maximum absolute atomic E-state index is 12.7. The minimum absolute atomic E-state index is 0.0471. The second-order valence-corrected chi connectivity index (χ2v) is 16.3. The number of ether oxygens (including phenoxy) is 3. The lowest BCUT2D eigenvalue weighted by molar-refractivity contribution is -0.887. The lowest BCUT2D eigenvalue weighted by Gasteiger charge is -2.31. The molecule has 0 aromatic carbocycles. The maximum atomic E-state index is 12.7. The Morgan fingerprint density at radius 2 is 0.966 bits per heavy atom. The molecule has 0 amide bonds. The Bertz CT molecular complexity index is 1180. The van der Waals surface area contributed by atoms with Crippen LogP contribution in [0.5, 0.6) is 0 Å². The van der Waals surface area contributed by atoms with Crippen LogP contribution < -0.4 is 0 Å². The summed E-state index contributed by atoms with van der Waals surface area (Å²) in [6.07, 6.45) is 50.8. The smallest absolute Gasteiger partial charge is 0.362 e. The number of esters is 2. The Labute approximate surface area is 355 Å². The molecule has 1 N–H and O–H groups in total. The standard InChI is InChI=1S/C50H85NO7/c1-6-8-10-12-14-16-18-20-22-23-24-25-27-29-31-33-35-37-39-41-49(53)58-46(44-56-43-42-47(50(54)55)51(3,4)5)45-57-48(52)40-38-36-34-32-30-28-26-21-19-17-15-13-11-9-7-2/h8,10,14-17,20-22,24-26,46-47H,6-7,9,11-13,18-19,23,27-45H2,1-5H3/p+1/b10-8-,16-14-,17-15-,22-20-,25-24-,26-21-. The average Bonchev–Trinajstić information content (AvgIpc) is 3.18. The van der Waals surface area contributed by atoms with Crippen molar-refractivity contribution in [3.8, 4) is 0 Å². The first-order valence-electron chi connectivity index (χ1n) is 23.0. The summed E-state index contributed by atoms with van der Waals surface area (Å²) in [4.78, 5) is 37.0. The van der Waals surface area contributed by atoms with E-state index in [1.54, 1.807) is 0 Å². The predicted molar refractivity (Wildman–Crippen MR) is 243 cm³/mol. The fourth-order valence-electron chi connectivity index (χ4n) is 6.29. The molecule has 0 bridgehead atoms. The molecule has 0 aromatic rings. The van der Waals surface area contributed by atoms with E-state index in [0.29, 0.717) is 19.3 Å². The van der Waals surface area contributed by atoms with Gasteiger partial charge in [0.05, 0.1) is 34.4 Å². The summed E-state index contributed by atoms with van der Waals surface area (Å²) in [5, 5.41) is 9.63. The van der Waals surface area contributed by atoms with E-state index in [1.165, 1.54) is 38.5 Å². The van der Waals surface area contributed by atoms with E-state index in [9.17, 15) is 19.5 Å². The molecule has 0 rings (SSSR count). The molecular formula is C50H86NO7+. The highest BCUT2D eigenvalue weighted by Crippen LogP contribution is 2.13. The summed E-state index contributed by atoms with van der Waals surface area (Å²) in [5.41, 5.74) is 0. The largest absolute Gasteiger partial charge is 0.477 e. The first-order valence-corrected chi connectivity index (χ1v) is 23.0. The minimum atomic E-state index is -0.882. The molecule has 0 heterocycles. The number of carbonyl (C=O) groups excluding carboxylic acids is 2. The monoisotopic (exact) mass is 813 g/mol. The van der Waals surface area contributed by atoms with Gasteiger partial charge in [-0.1, -0.05) is 145 Å². The lowest BCUT2D eigenvalue weighted by atomic mass is 10.1. The van der Waals surface area contributed by atoms with E-state index in [0.717, 1.165) is 103 Å². The van der Waals surface area contributed by atoms with Crippen LogP contribution in [-0.2, 0) is 28.6 Å². The number of likely N-dealkylation sites (N-methyl/N-ethyl adjacent to an activating group) is 1. The zero-order valence-electron chi connectivity index (χ0n) is 37.7. The van der Waals surface area contributed by atoms with Gasteiger partial charge in [0, 0.05) is 19.3 Å². The van der Waals surface area contributed by atoms with Gasteiger partial charge in [0.1, 0.15) is 6.61 Å². The number of carboxylic acids is 1. The Morgan fingerprint density at radius 1 is 0.534 bits per heavy atom. The number of quaternary nitrogens is 1. The summed E-state index contributed by atoms with van der Waals surface area (Å²) in [6.45, 7) is 4.56. The van der Waals surface area contributed by atoms with Gasteiger partial charge in [0.15, 0.2) is 12.1 Å². The summed E-state index contributed by atoms with van der Waals surface area (Å²) in [5.74, 6) is -1.51. The summed E-state index contributed by atoms with van der Waals surface area (Å²) in [7, 11) is 5.51. The molecule has 8 nitrogen and oxygen atoms in total. The van der Waals surface area contributed by atoms with Gasteiger partial charge in [0.2, 0.25) is 0 Å². The summed E-state index contributed by atoms with van der Waals surface area (Å²) < 4.78 is 17.3. The van der Waals surface area contributed by atoms with Gasteiger partial charge in [-0.05, 0) is 83.5 Å². The van der Waals surface area contributed by atoms with Crippen molar-refractivity contribution in [2.45, 2.75) is 187 Å². The molecule has 0 saturated heterocycles. The number of rotatable bonds is 40. The maximum Gasteiger partial charge on any atom is 0.362 e. The number of nitrogens with zero attached hydrogens (tertiary/aromatic N) is 1. The third-order valence-corrected chi connectivity index (χ3v) is 9.84. The lowest BCUT2D eigenvalue weighted by Crippen LogP contribution is -2.50. The van der Waals surface area contributed by atoms with Crippen LogP contribution in [0.2, 0.25) is 0 Å². The van der Waals surface area contributed by atoms with Gasteiger partial charge in [-0.15, -0.1) is 0 Å². The number of carbonyl (C=O) groups is 3. The quantitative estimate of drug-likeness (QED) is 0.0285. The number of aliphatic carboxylic acids is 1. The van der Waals surface area contributed by atoms with Gasteiger partial charge < -0.3 is 23.8 Å². The second-order valence-electron chi connectivity index (χ2n) is 16.3. The van der Waals surface area contributed by atoms with Crippen LogP contribution in [0.3, 0.4) is 0 Å².